The zero-order valence-corrected chi connectivity index (χ0v) is 21.3. The number of aromatic nitrogens is 1. The number of thiazole rings is 1. The summed E-state index contributed by atoms with van der Waals surface area (Å²) in [6.45, 7) is 3.66. The van der Waals surface area contributed by atoms with Gasteiger partial charge < -0.3 is 19.5 Å². The van der Waals surface area contributed by atoms with E-state index in [9.17, 15) is 9.59 Å². The van der Waals surface area contributed by atoms with E-state index in [1.807, 2.05) is 61.7 Å². The van der Waals surface area contributed by atoms with Crippen molar-refractivity contribution in [3.63, 3.8) is 0 Å². The molecule has 10 heteroatoms. The van der Waals surface area contributed by atoms with E-state index >= 15 is 0 Å². The highest BCUT2D eigenvalue weighted by atomic mass is 32.2. The number of nitrogens with one attached hydrogen (secondary N) is 1. The molecule has 1 N–H and O–H groups in total. The second-order valence-corrected chi connectivity index (χ2v) is 10.4. The van der Waals surface area contributed by atoms with E-state index in [0.29, 0.717) is 23.1 Å². The summed E-state index contributed by atoms with van der Waals surface area (Å²) in [6.07, 6.45) is 5.66. The number of dihydropyridines is 1. The smallest absolute Gasteiger partial charge is 0.311 e. The van der Waals surface area contributed by atoms with E-state index in [4.69, 9.17) is 14.2 Å². The molecule has 1 aliphatic rings. The van der Waals surface area contributed by atoms with Crippen LogP contribution in [-0.4, -0.2) is 54.2 Å². The summed E-state index contributed by atoms with van der Waals surface area (Å²) in [5.74, 6) is 0.595. The minimum Gasteiger partial charge on any atom is -0.469 e. The number of rotatable bonds is 11. The molecule has 0 amide bonds. The largest absolute Gasteiger partial charge is 0.469 e. The summed E-state index contributed by atoms with van der Waals surface area (Å²) < 4.78 is 16.1. The minimum atomic E-state index is -0.915. The third kappa shape index (κ3) is 6.60. The second-order valence-electron chi connectivity index (χ2n) is 8.21. The number of carbonyl (C=O) groups excluding carboxylic acids is 2. The van der Waals surface area contributed by atoms with Gasteiger partial charge in [-0.3, -0.25) is 14.6 Å². The zero-order chi connectivity index (χ0) is 24.6. The van der Waals surface area contributed by atoms with Gasteiger partial charge in [0.25, 0.3) is 0 Å². The monoisotopic (exact) mass is 503 g/mol. The molecule has 0 saturated carbocycles. The van der Waals surface area contributed by atoms with Gasteiger partial charge in [0.2, 0.25) is 4.93 Å². The quantitative estimate of drug-likeness (QED) is 0.357. The number of para-hydroxylation sites is 1. The van der Waals surface area contributed by atoms with Crippen molar-refractivity contribution >= 4 is 46.4 Å². The van der Waals surface area contributed by atoms with Gasteiger partial charge in [0.1, 0.15) is 5.75 Å². The van der Waals surface area contributed by atoms with Crippen LogP contribution in [0.4, 0.5) is 5.13 Å². The molecule has 1 aliphatic heterocycles. The molecule has 2 unspecified atom stereocenters. The average Bonchev–Trinajstić information content (AvgIpc) is 3.26. The summed E-state index contributed by atoms with van der Waals surface area (Å²) in [7, 11) is 2.76. The van der Waals surface area contributed by atoms with Crippen LogP contribution in [0.25, 0.3) is 0 Å². The van der Waals surface area contributed by atoms with E-state index in [1.54, 1.807) is 6.21 Å². The first kappa shape index (κ1) is 25.8. The highest BCUT2D eigenvalue weighted by Crippen LogP contribution is 2.38. The van der Waals surface area contributed by atoms with Crippen molar-refractivity contribution in [3.05, 3.63) is 53.6 Å². The predicted octanol–water partition coefficient (Wildman–Crippen LogP) is 4.34. The Kier molecular flexibility index (Phi) is 8.73. The highest BCUT2D eigenvalue weighted by Gasteiger charge is 2.42. The summed E-state index contributed by atoms with van der Waals surface area (Å²) in [5.41, 5.74) is 0.0987. The van der Waals surface area contributed by atoms with Crippen LogP contribution in [0.15, 0.2) is 52.9 Å². The van der Waals surface area contributed by atoms with Gasteiger partial charge in [-0.15, -0.1) is 23.1 Å². The third-order valence-electron chi connectivity index (χ3n) is 5.09. The number of allylic oxidation sites excluding steroid dienone is 1. The first-order valence-electron chi connectivity index (χ1n) is 10.7. The molecule has 3 rings (SSSR count). The van der Waals surface area contributed by atoms with Crippen molar-refractivity contribution in [1.29, 1.82) is 0 Å². The molecule has 34 heavy (non-hydrogen) atoms. The molecule has 1 aromatic heterocycles. The Balaban J connectivity index is 1.80. The average molecular weight is 504 g/mol. The molecule has 0 fully saturated rings. The van der Waals surface area contributed by atoms with Crippen LogP contribution in [0.3, 0.4) is 0 Å². The van der Waals surface area contributed by atoms with Gasteiger partial charge in [0.15, 0.2) is 11.3 Å². The van der Waals surface area contributed by atoms with Crippen molar-refractivity contribution in [3.8, 4) is 5.75 Å². The standard InChI is InChI=1S/C24H29N3O5S2/c1-23(2,21(29)31-4)15-17-16-33-22(26-17)27-20-24(12-8-13-25-20,34-14-11-19(28)30-3)32-18-9-6-5-7-10-18/h5-10,12-13,16,20H,11,14-15H2,1-4H3,(H,26,27). The molecule has 2 heterocycles. The van der Waals surface area contributed by atoms with Crippen molar-refractivity contribution < 1.29 is 23.8 Å². The van der Waals surface area contributed by atoms with Crippen LogP contribution in [0.2, 0.25) is 0 Å². The van der Waals surface area contributed by atoms with Gasteiger partial charge in [0.05, 0.1) is 31.7 Å². The summed E-state index contributed by atoms with van der Waals surface area (Å²) in [4.78, 5) is 32.1. The van der Waals surface area contributed by atoms with Crippen LogP contribution >= 0.6 is 23.1 Å². The summed E-state index contributed by atoms with van der Waals surface area (Å²) >= 11 is 2.90. The Bertz CT molecular complexity index is 1040. The number of hydrogen-bond donors (Lipinski definition) is 1. The molecular formula is C24H29N3O5S2. The van der Waals surface area contributed by atoms with Crippen LogP contribution in [0.5, 0.6) is 5.75 Å². The molecule has 0 saturated heterocycles. The Morgan fingerprint density at radius 1 is 1.21 bits per heavy atom. The maximum Gasteiger partial charge on any atom is 0.311 e. The van der Waals surface area contributed by atoms with Crippen molar-refractivity contribution in [1.82, 2.24) is 4.98 Å². The maximum absolute atomic E-state index is 12.0. The number of nitrogens with zero attached hydrogens (tertiary/aromatic N) is 2. The molecule has 0 spiro atoms. The molecule has 0 bridgehead atoms. The van der Waals surface area contributed by atoms with Crippen LogP contribution in [0.1, 0.15) is 26.0 Å². The lowest BCUT2D eigenvalue weighted by Crippen LogP contribution is -2.48. The summed E-state index contributed by atoms with van der Waals surface area (Å²) in [6, 6.07) is 9.47. The van der Waals surface area contributed by atoms with Gasteiger partial charge in [0, 0.05) is 23.8 Å². The van der Waals surface area contributed by atoms with E-state index in [1.165, 1.54) is 37.3 Å². The van der Waals surface area contributed by atoms with Gasteiger partial charge in [-0.25, -0.2) is 4.98 Å². The number of hydrogen-bond acceptors (Lipinski definition) is 10. The van der Waals surface area contributed by atoms with Crippen LogP contribution in [-0.2, 0) is 25.5 Å². The number of anilines is 1. The number of aliphatic imine (C=N–C) groups is 1. The van der Waals surface area contributed by atoms with E-state index in [0.717, 1.165) is 5.69 Å². The molecule has 2 aromatic rings. The lowest BCUT2D eigenvalue weighted by atomic mass is 9.88. The predicted molar refractivity (Wildman–Crippen MR) is 136 cm³/mol. The molecule has 0 radical (unpaired) electrons. The van der Waals surface area contributed by atoms with Gasteiger partial charge in [-0.05, 0) is 38.1 Å². The number of esters is 2. The second kappa shape index (κ2) is 11.5. The van der Waals surface area contributed by atoms with Crippen LogP contribution < -0.4 is 10.1 Å². The number of ether oxygens (including phenoxy) is 3. The zero-order valence-electron chi connectivity index (χ0n) is 19.6. The fraction of sp³-hybridized carbons (Fsp3) is 0.417. The van der Waals surface area contributed by atoms with Crippen molar-refractivity contribution in [2.45, 2.75) is 37.8 Å². The Morgan fingerprint density at radius 2 is 1.97 bits per heavy atom. The lowest BCUT2D eigenvalue weighted by Gasteiger charge is -2.37. The molecule has 0 aliphatic carbocycles. The van der Waals surface area contributed by atoms with Crippen molar-refractivity contribution in [2.24, 2.45) is 10.4 Å². The van der Waals surface area contributed by atoms with Crippen molar-refractivity contribution in [2.75, 3.05) is 25.3 Å². The fourth-order valence-corrected chi connectivity index (χ4v) is 5.26. The molecule has 8 nitrogen and oxygen atoms in total. The normalized spacial score (nSPS) is 19.5. The first-order chi connectivity index (χ1) is 16.3. The fourth-order valence-electron chi connectivity index (χ4n) is 3.33. The lowest BCUT2D eigenvalue weighted by molar-refractivity contribution is -0.150. The minimum absolute atomic E-state index is 0.245. The molecule has 1 aromatic carbocycles. The van der Waals surface area contributed by atoms with Gasteiger partial charge >= 0.3 is 11.9 Å². The molecule has 182 valence electrons. The first-order valence-corrected chi connectivity index (χ1v) is 12.6. The van der Waals surface area contributed by atoms with Gasteiger partial charge in [-0.1, -0.05) is 18.2 Å². The topological polar surface area (TPSA) is 99.1 Å². The van der Waals surface area contributed by atoms with Gasteiger partial charge in [-0.2, -0.15) is 0 Å². The van der Waals surface area contributed by atoms with Crippen LogP contribution in [0, 0.1) is 5.41 Å². The summed E-state index contributed by atoms with van der Waals surface area (Å²) in [5, 5.41) is 5.95. The molecule has 2 atom stereocenters. The van der Waals surface area contributed by atoms with E-state index in [-0.39, 0.29) is 18.4 Å². The number of carbonyl (C=O) groups is 2. The number of thioether (sulfide) groups is 1. The van der Waals surface area contributed by atoms with E-state index in [2.05, 4.69) is 15.3 Å². The van der Waals surface area contributed by atoms with E-state index < -0.39 is 16.5 Å². The Labute approximate surface area is 207 Å². The SMILES string of the molecule is COC(=O)CCSC1(Oc2ccccc2)C=CC=NC1Nc1nc(CC(C)(C)C(=O)OC)cs1. The maximum atomic E-state index is 12.0. The Morgan fingerprint density at radius 3 is 2.68 bits per heavy atom. The number of benzene rings is 1. The highest BCUT2D eigenvalue weighted by molar-refractivity contribution is 8.00. The molecular weight excluding hydrogens is 474 g/mol. The number of methoxy groups -OCH3 is 2. The third-order valence-corrected chi connectivity index (χ3v) is 7.21. The Hall–Kier alpha value is -2.85.